The maximum absolute atomic E-state index is 4.42. The molecule has 0 fully saturated rings. The molecule has 0 amide bonds. The first-order valence-corrected chi connectivity index (χ1v) is 6.12. The quantitative estimate of drug-likeness (QED) is 0.550. The van der Waals surface area contributed by atoms with Crippen LogP contribution in [0.3, 0.4) is 0 Å². The molecule has 2 aliphatic rings. The van der Waals surface area contributed by atoms with Gasteiger partial charge in [0.25, 0.3) is 0 Å². The van der Waals surface area contributed by atoms with Gasteiger partial charge in [-0.25, -0.2) is 0 Å². The van der Waals surface area contributed by atoms with E-state index in [2.05, 4.69) is 39.4 Å². The van der Waals surface area contributed by atoms with Gasteiger partial charge in [-0.3, -0.25) is 10.3 Å². The van der Waals surface area contributed by atoms with Crippen LogP contribution in [0.1, 0.15) is 13.3 Å². The maximum Gasteiger partial charge on any atom is 0.115 e. The number of nitrogens with one attached hydrogen (secondary N) is 4. The summed E-state index contributed by atoms with van der Waals surface area (Å²) in [5.41, 5.74) is 3.78. The minimum atomic E-state index is 0.158. The number of hydrogen-bond acceptors (Lipinski definition) is 5. The summed E-state index contributed by atoms with van der Waals surface area (Å²) < 4.78 is 0. The molecule has 0 saturated heterocycles. The molecule has 0 bridgehead atoms. The zero-order chi connectivity index (χ0) is 12.1. The number of aliphatic imine (C=N–C) groups is 1. The summed E-state index contributed by atoms with van der Waals surface area (Å²) in [6.07, 6.45) is 5.24. The maximum atomic E-state index is 4.42. The van der Waals surface area contributed by atoms with Gasteiger partial charge >= 0.3 is 0 Å². The van der Waals surface area contributed by atoms with Crippen LogP contribution < -0.4 is 21.3 Å². The summed E-state index contributed by atoms with van der Waals surface area (Å²) in [4.78, 5) is 4.42. The Kier molecular flexibility index (Phi) is 4.17. The lowest BCUT2D eigenvalue weighted by atomic mass is 10.0. The molecular weight excluding hydrogens is 214 g/mol. The van der Waals surface area contributed by atoms with Crippen molar-refractivity contribution in [3.63, 3.8) is 0 Å². The van der Waals surface area contributed by atoms with Crippen molar-refractivity contribution in [3.8, 4) is 0 Å². The number of nitrogens with zero attached hydrogens (tertiary/aromatic N) is 1. The molecule has 0 spiro atoms. The highest BCUT2D eigenvalue weighted by molar-refractivity contribution is 5.82. The molecule has 0 saturated carbocycles. The van der Waals surface area contributed by atoms with Crippen molar-refractivity contribution in [1.29, 1.82) is 0 Å². The molecule has 5 heteroatoms. The van der Waals surface area contributed by atoms with E-state index in [0.717, 1.165) is 26.2 Å². The van der Waals surface area contributed by atoms with Crippen LogP contribution >= 0.6 is 0 Å². The third-order valence-electron chi connectivity index (χ3n) is 2.91. The average Bonchev–Trinajstić information content (AvgIpc) is 2.38. The zero-order valence-electron chi connectivity index (χ0n) is 10.5. The normalized spacial score (nSPS) is 24.1. The highest BCUT2D eigenvalue weighted by Gasteiger charge is 2.17. The van der Waals surface area contributed by atoms with Gasteiger partial charge in [-0.15, -0.1) is 0 Å². The van der Waals surface area contributed by atoms with Crippen molar-refractivity contribution < 1.29 is 0 Å². The predicted molar refractivity (Wildman–Crippen MR) is 70.7 cm³/mol. The lowest BCUT2D eigenvalue weighted by Crippen LogP contribution is -2.38. The highest BCUT2D eigenvalue weighted by atomic mass is 15.1. The molecule has 0 aliphatic carbocycles. The van der Waals surface area contributed by atoms with Gasteiger partial charge < -0.3 is 16.0 Å². The van der Waals surface area contributed by atoms with Gasteiger partial charge in [-0.2, -0.15) is 0 Å². The second kappa shape index (κ2) is 5.84. The van der Waals surface area contributed by atoms with Crippen LogP contribution in [-0.2, 0) is 0 Å². The fraction of sp³-hybridized carbons (Fsp3) is 0.583. The lowest BCUT2D eigenvalue weighted by molar-refractivity contribution is 0.598. The first-order chi connectivity index (χ1) is 8.31. The van der Waals surface area contributed by atoms with Crippen LogP contribution in [-0.4, -0.2) is 39.2 Å². The topological polar surface area (TPSA) is 60.5 Å². The molecule has 2 heterocycles. The number of hydrogen-bond donors (Lipinski definition) is 4. The average molecular weight is 235 g/mol. The Labute approximate surface area is 102 Å². The van der Waals surface area contributed by atoms with Crippen LogP contribution in [0.5, 0.6) is 0 Å². The van der Waals surface area contributed by atoms with Gasteiger partial charge in [0.2, 0.25) is 0 Å². The Bertz CT molecular complexity index is 356. The van der Waals surface area contributed by atoms with E-state index in [4.69, 9.17) is 0 Å². The molecule has 2 aliphatic heterocycles. The first-order valence-electron chi connectivity index (χ1n) is 6.12. The van der Waals surface area contributed by atoms with E-state index in [0.29, 0.717) is 0 Å². The van der Waals surface area contributed by atoms with Crippen molar-refractivity contribution >= 4 is 6.21 Å². The Morgan fingerprint density at radius 2 is 2.41 bits per heavy atom. The zero-order valence-corrected chi connectivity index (χ0v) is 10.5. The lowest BCUT2D eigenvalue weighted by Gasteiger charge is -2.26. The molecule has 1 unspecified atom stereocenters. The fourth-order valence-electron chi connectivity index (χ4n) is 2.01. The third-order valence-corrected chi connectivity index (χ3v) is 2.91. The minimum absolute atomic E-state index is 0.158. The van der Waals surface area contributed by atoms with Crippen LogP contribution in [0.25, 0.3) is 0 Å². The minimum Gasteiger partial charge on any atom is -0.378 e. The summed E-state index contributed by atoms with van der Waals surface area (Å²) in [5.74, 6) is 0. The van der Waals surface area contributed by atoms with E-state index >= 15 is 0 Å². The Morgan fingerprint density at radius 3 is 3.12 bits per heavy atom. The van der Waals surface area contributed by atoms with Crippen LogP contribution in [0, 0.1) is 0 Å². The summed E-state index contributed by atoms with van der Waals surface area (Å²) in [6.45, 7) is 4.77. The Morgan fingerprint density at radius 1 is 1.53 bits per heavy atom. The van der Waals surface area contributed by atoms with Gasteiger partial charge in [0.15, 0.2) is 0 Å². The van der Waals surface area contributed by atoms with Crippen LogP contribution in [0.4, 0.5) is 0 Å². The highest BCUT2D eigenvalue weighted by Crippen LogP contribution is 2.18. The molecule has 0 radical (unpaired) electrons. The van der Waals surface area contributed by atoms with Crippen LogP contribution in [0.15, 0.2) is 28.0 Å². The summed E-state index contributed by atoms with van der Waals surface area (Å²) in [6, 6.07) is 0. The van der Waals surface area contributed by atoms with Crippen molar-refractivity contribution in [2.45, 2.75) is 19.5 Å². The Hall–Kier alpha value is -1.33. The van der Waals surface area contributed by atoms with E-state index in [9.17, 15) is 0 Å². The second-order valence-corrected chi connectivity index (χ2v) is 4.33. The van der Waals surface area contributed by atoms with E-state index in [1.54, 1.807) is 0 Å². The molecule has 94 valence electrons. The molecule has 0 aromatic carbocycles. The largest absolute Gasteiger partial charge is 0.378 e. The van der Waals surface area contributed by atoms with E-state index in [1.165, 1.54) is 16.8 Å². The molecular formula is C12H21N5. The summed E-state index contributed by atoms with van der Waals surface area (Å²) >= 11 is 0. The van der Waals surface area contributed by atoms with Gasteiger partial charge in [-0.1, -0.05) is 0 Å². The molecule has 1 atom stereocenters. The molecule has 17 heavy (non-hydrogen) atoms. The van der Waals surface area contributed by atoms with Crippen molar-refractivity contribution in [2.75, 3.05) is 26.8 Å². The molecule has 0 aromatic rings. The molecule has 2 rings (SSSR count). The molecule has 5 nitrogen and oxygen atoms in total. The number of rotatable bonds is 4. The van der Waals surface area contributed by atoms with Gasteiger partial charge in [0.1, 0.15) is 6.17 Å². The summed E-state index contributed by atoms with van der Waals surface area (Å²) in [5, 5.41) is 13.2. The van der Waals surface area contributed by atoms with E-state index in [-0.39, 0.29) is 6.17 Å². The fourth-order valence-corrected chi connectivity index (χ4v) is 2.01. The molecule has 0 aromatic heterocycles. The Balaban J connectivity index is 2.19. The smallest absolute Gasteiger partial charge is 0.115 e. The van der Waals surface area contributed by atoms with E-state index in [1.807, 2.05) is 13.3 Å². The van der Waals surface area contributed by atoms with Gasteiger partial charge in [0.05, 0.1) is 6.67 Å². The second-order valence-electron chi connectivity index (χ2n) is 4.33. The standard InChI is InChI=1S/C12H21N5/c1-9-16-7-10(3-4-13-2)12(17-9)11-5-14-8-15-6-11/h5,7,9,13-15,17H,3-4,6,8H2,1-2H3. The predicted octanol–water partition coefficient (Wildman–Crippen LogP) is -0.0958. The van der Waals surface area contributed by atoms with Crippen molar-refractivity contribution in [1.82, 2.24) is 21.3 Å². The van der Waals surface area contributed by atoms with Crippen molar-refractivity contribution in [3.05, 3.63) is 23.0 Å². The third kappa shape index (κ3) is 3.08. The van der Waals surface area contributed by atoms with Crippen molar-refractivity contribution in [2.24, 2.45) is 4.99 Å². The van der Waals surface area contributed by atoms with E-state index < -0.39 is 0 Å². The summed E-state index contributed by atoms with van der Waals surface area (Å²) in [7, 11) is 1.97. The van der Waals surface area contributed by atoms with Crippen LogP contribution in [0.2, 0.25) is 0 Å². The monoisotopic (exact) mass is 235 g/mol. The van der Waals surface area contributed by atoms with Gasteiger partial charge in [-0.05, 0) is 32.5 Å². The van der Waals surface area contributed by atoms with Gasteiger partial charge in [0, 0.05) is 30.2 Å². The SMILES string of the molecule is CNCCC1=C(C2=CNCNC2)NC(C)N=C1. The first kappa shape index (κ1) is 12.1. The molecule has 4 N–H and O–H groups in total.